The first kappa shape index (κ1) is 11.6. The van der Waals surface area contributed by atoms with Crippen molar-refractivity contribution in [3.05, 3.63) is 24.3 Å². The van der Waals surface area contributed by atoms with Gasteiger partial charge in [0.25, 0.3) is 10.1 Å². The molecule has 0 spiro atoms. The minimum atomic E-state index is -3.61. The van der Waals surface area contributed by atoms with Crippen molar-refractivity contribution >= 4 is 22.7 Å². The average Bonchev–Trinajstić information content (AvgIpc) is 2.02. The largest absolute Gasteiger partial charge is 0.297 e. The van der Waals surface area contributed by atoms with Gasteiger partial charge in [0.2, 0.25) is 0 Å². The van der Waals surface area contributed by atoms with E-state index in [1.807, 2.05) is 0 Å². The zero-order chi connectivity index (χ0) is 10.8. The summed E-state index contributed by atoms with van der Waals surface area (Å²) in [5.74, 6) is 0. The van der Waals surface area contributed by atoms with E-state index in [1.165, 1.54) is 12.1 Å². The van der Waals surface area contributed by atoms with Crippen LogP contribution < -0.4 is 0 Å². The molecule has 0 unspecified atom stereocenters. The van der Waals surface area contributed by atoms with Crippen molar-refractivity contribution in [1.29, 1.82) is 0 Å². The van der Waals surface area contributed by atoms with E-state index in [4.69, 9.17) is 4.18 Å². The van der Waals surface area contributed by atoms with Crippen LogP contribution in [0.2, 0.25) is 0 Å². The third kappa shape index (κ3) is 3.01. The van der Waals surface area contributed by atoms with Crippen LogP contribution in [0.3, 0.4) is 0 Å². The van der Waals surface area contributed by atoms with Gasteiger partial charge in [-0.3, -0.25) is 4.18 Å². The Labute approximate surface area is 89.6 Å². The Morgan fingerprint density at radius 3 is 2.14 bits per heavy atom. The molecule has 0 N–H and O–H groups in total. The maximum Gasteiger partial charge on any atom is 0.297 e. The standard InChI is InChI=1S/C9H12O3S2/c1-7(2)12-14(10,11)9-5-3-8(13)4-6-9/h3-7,13H,1-2H3. The smallest absolute Gasteiger partial charge is 0.264 e. The molecule has 0 saturated heterocycles. The molecule has 0 aliphatic carbocycles. The Hall–Kier alpha value is -0.520. The fraction of sp³-hybridized carbons (Fsp3) is 0.333. The molecule has 0 bridgehead atoms. The Morgan fingerprint density at radius 2 is 1.71 bits per heavy atom. The van der Waals surface area contributed by atoms with Gasteiger partial charge < -0.3 is 0 Å². The van der Waals surface area contributed by atoms with Crippen LogP contribution in [0.15, 0.2) is 34.1 Å². The second-order valence-corrected chi connectivity index (χ2v) is 5.18. The maximum atomic E-state index is 11.5. The quantitative estimate of drug-likeness (QED) is 0.641. The SMILES string of the molecule is CC(C)OS(=O)(=O)c1ccc(S)cc1. The molecule has 1 aromatic rings. The van der Waals surface area contributed by atoms with Gasteiger partial charge in [-0.25, -0.2) is 0 Å². The number of rotatable bonds is 3. The molecule has 3 nitrogen and oxygen atoms in total. The number of hydrogen-bond donors (Lipinski definition) is 1. The van der Waals surface area contributed by atoms with Crippen LogP contribution in [0.1, 0.15) is 13.8 Å². The normalized spacial score (nSPS) is 12.0. The van der Waals surface area contributed by atoms with Crippen LogP contribution in [-0.2, 0) is 14.3 Å². The molecule has 0 atom stereocenters. The van der Waals surface area contributed by atoms with Gasteiger partial charge >= 0.3 is 0 Å². The van der Waals surface area contributed by atoms with Gasteiger partial charge in [0.1, 0.15) is 0 Å². The van der Waals surface area contributed by atoms with Crippen LogP contribution in [-0.4, -0.2) is 14.5 Å². The summed E-state index contributed by atoms with van der Waals surface area (Å²) in [6, 6.07) is 6.17. The predicted molar refractivity (Wildman–Crippen MR) is 57.1 cm³/mol. The topological polar surface area (TPSA) is 43.4 Å². The van der Waals surface area contributed by atoms with Gasteiger partial charge in [-0.05, 0) is 38.1 Å². The van der Waals surface area contributed by atoms with E-state index < -0.39 is 10.1 Å². The minimum absolute atomic E-state index is 0.156. The van der Waals surface area contributed by atoms with Gasteiger partial charge in [0, 0.05) is 4.90 Å². The first-order valence-corrected chi connectivity index (χ1v) is 5.99. The van der Waals surface area contributed by atoms with Crippen molar-refractivity contribution in [2.45, 2.75) is 29.7 Å². The lowest BCUT2D eigenvalue weighted by Gasteiger charge is -2.07. The summed E-state index contributed by atoms with van der Waals surface area (Å²) in [6.07, 6.45) is -0.351. The van der Waals surface area contributed by atoms with Gasteiger partial charge in [0.05, 0.1) is 11.0 Å². The van der Waals surface area contributed by atoms with Crippen LogP contribution in [0.4, 0.5) is 0 Å². The van der Waals surface area contributed by atoms with E-state index in [-0.39, 0.29) is 11.0 Å². The fourth-order valence-corrected chi connectivity index (χ4v) is 2.16. The lowest BCUT2D eigenvalue weighted by atomic mass is 10.4. The van der Waals surface area contributed by atoms with Crippen LogP contribution in [0.25, 0.3) is 0 Å². The lowest BCUT2D eigenvalue weighted by Crippen LogP contribution is -2.12. The van der Waals surface area contributed by atoms with Crippen molar-refractivity contribution in [3.63, 3.8) is 0 Å². The molecule has 1 rings (SSSR count). The first-order chi connectivity index (χ1) is 6.42. The molecular formula is C9H12O3S2. The third-order valence-electron chi connectivity index (χ3n) is 1.44. The molecular weight excluding hydrogens is 220 g/mol. The zero-order valence-corrected chi connectivity index (χ0v) is 9.68. The summed E-state index contributed by atoms with van der Waals surface area (Å²) in [7, 11) is -3.61. The fourth-order valence-electron chi connectivity index (χ4n) is 0.922. The number of hydrogen-bond acceptors (Lipinski definition) is 4. The molecule has 0 aromatic heterocycles. The van der Waals surface area contributed by atoms with E-state index >= 15 is 0 Å². The molecule has 0 amide bonds. The van der Waals surface area contributed by atoms with E-state index in [0.717, 1.165) is 0 Å². The molecule has 0 saturated carbocycles. The molecule has 0 heterocycles. The van der Waals surface area contributed by atoms with E-state index in [1.54, 1.807) is 26.0 Å². The summed E-state index contributed by atoms with van der Waals surface area (Å²) < 4.78 is 27.8. The molecule has 0 aliphatic heterocycles. The number of benzene rings is 1. The van der Waals surface area contributed by atoms with Gasteiger partial charge in [-0.2, -0.15) is 8.42 Å². The van der Waals surface area contributed by atoms with E-state index in [9.17, 15) is 8.42 Å². The van der Waals surface area contributed by atoms with E-state index in [2.05, 4.69) is 12.6 Å². The predicted octanol–water partition coefficient (Wildman–Crippen LogP) is 2.09. The zero-order valence-electron chi connectivity index (χ0n) is 7.97. The number of thiol groups is 1. The Balaban J connectivity index is 2.99. The lowest BCUT2D eigenvalue weighted by molar-refractivity contribution is 0.249. The highest BCUT2D eigenvalue weighted by molar-refractivity contribution is 7.86. The Bertz CT molecular complexity index is 393. The summed E-state index contributed by atoms with van der Waals surface area (Å²) in [6.45, 7) is 3.34. The van der Waals surface area contributed by atoms with Crippen LogP contribution in [0, 0.1) is 0 Å². The molecule has 0 fully saturated rings. The monoisotopic (exact) mass is 232 g/mol. The van der Waals surface area contributed by atoms with Crippen molar-refractivity contribution < 1.29 is 12.6 Å². The summed E-state index contributed by atoms with van der Waals surface area (Å²) in [5.41, 5.74) is 0. The van der Waals surface area contributed by atoms with Crippen LogP contribution >= 0.6 is 12.6 Å². The van der Waals surface area contributed by atoms with Gasteiger partial charge in [-0.15, -0.1) is 12.6 Å². The maximum absolute atomic E-state index is 11.5. The summed E-state index contributed by atoms with van der Waals surface area (Å²) in [5, 5.41) is 0. The molecule has 78 valence electrons. The van der Waals surface area contributed by atoms with E-state index in [0.29, 0.717) is 4.90 Å². The average molecular weight is 232 g/mol. The Kier molecular flexibility index (Phi) is 3.58. The Morgan fingerprint density at radius 1 is 1.21 bits per heavy atom. The second-order valence-electron chi connectivity index (χ2n) is 3.09. The highest BCUT2D eigenvalue weighted by Gasteiger charge is 2.16. The summed E-state index contributed by atoms with van der Waals surface area (Å²) in [4.78, 5) is 0.873. The first-order valence-electron chi connectivity index (χ1n) is 4.14. The highest BCUT2D eigenvalue weighted by atomic mass is 32.2. The van der Waals surface area contributed by atoms with Crippen LogP contribution in [0.5, 0.6) is 0 Å². The highest BCUT2D eigenvalue weighted by Crippen LogP contribution is 2.16. The molecule has 14 heavy (non-hydrogen) atoms. The molecule has 1 aromatic carbocycles. The van der Waals surface area contributed by atoms with Crippen molar-refractivity contribution in [2.75, 3.05) is 0 Å². The molecule has 0 aliphatic rings. The van der Waals surface area contributed by atoms with Crippen molar-refractivity contribution in [2.24, 2.45) is 0 Å². The minimum Gasteiger partial charge on any atom is -0.264 e. The van der Waals surface area contributed by atoms with Crippen molar-refractivity contribution in [3.8, 4) is 0 Å². The third-order valence-corrected chi connectivity index (χ3v) is 3.23. The van der Waals surface area contributed by atoms with Crippen molar-refractivity contribution in [1.82, 2.24) is 0 Å². The van der Waals surface area contributed by atoms with Gasteiger partial charge in [-0.1, -0.05) is 0 Å². The van der Waals surface area contributed by atoms with Gasteiger partial charge in [0.15, 0.2) is 0 Å². The molecule has 0 radical (unpaired) electrons. The second kappa shape index (κ2) is 4.33. The summed E-state index contributed by atoms with van der Waals surface area (Å²) >= 11 is 4.06. The molecule has 5 heteroatoms.